The van der Waals surface area contributed by atoms with E-state index in [1.807, 2.05) is 20.0 Å². The van der Waals surface area contributed by atoms with Crippen LogP contribution in [0.1, 0.15) is 25.0 Å². The number of hydrogen-bond donors (Lipinski definition) is 1. The molecule has 5 nitrogen and oxygen atoms in total. The van der Waals surface area contributed by atoms with Gasteiger partial charge in [0.25, 0.3) is 0 Å². The number of nitrogens with one attached hydrogen (secondary N) is 1. The van der Waals surface area contributed by atoms with Gasteiger partial charge in [-0.05, 0) is 44.1 Å². The molecule has 2 aromatic heterocycles. The fraction of sp³-hybridized carbons (Fsp3) is 0.533. The SMILES string of the molecule is Cc1nn(C)c2ncc(NC(=O)C3CC4CC4C3)cc12. The minimum absolute atomic E-state index is 0.153. The van der Waals surface area contributed by atoms with Crippen LogP contribution in [0.4, 0.5) is 5.69 Å². The highest BCUT2D eigenvalue weighted by atomic mass is 16.1. The second-order valence-electron chi connectivity index (χ2n) is 6.22. The quantitative estimate of drug-likeness (QED) is 0.910. The lowest BCUT2D eigenvalue weighted by Crippen LogP contribution is -2.21. The molecule has 0 aromatic carbocycles. The van der Waals surface area contributed by atoms with Gasteiger partial charge < -0.3 is 5.32 Å². The number of carbonyl (C=O) groups is 1. The Labute approximate surface area is 117 Å². The number of amides is 1. The lowest BCUT2D eigenvalue weighted by Gasteiger charge is -2.12. The van der Waals surface area contributed by atoms with Crippen LogP contribution in [0.2, 0.25) is 0 Å². The van der Waals surface area contributed by atoms with Gasteiger partial charge in [0.15, 0.2) is 5.65 Å². The molecular weight excluding hydrogens is 252 g/mol. The van der Waals surface area contributed by atoms with E-state index in [1.54, 1.807) is 10.9 Å². The van der Waals surface area contributed by atoms with Gasteiger partial charge in [0.05, 0.1) is 17.6 Å². The molecule has 0 spiro atoms. The van der Waals surface area contributed by atoms with Crippen LogP contribution >= 0.6 is 0 Å². The van der Waals surface area contributed by atoms with Crippen LogP contribution in [0.15, 0.2) is 12.3 Å². The first-order valence-electron chi connectivity index (χ1n) is 7.22. The molecule has 2 aromatic rings. The van der Waals surface area contributed by atoms with Crippen molar-refractivity contribution in [2.24, 2.45) is 24.8 Å². The predicted molar refractivity (Wildman–Crippen MR) is 76.2 cm³/mol. The number of aromatic nitrogens is 3. The van der Waals surface area contributed by atoms with Gasteiger partial charge in [-0.15, -0.1) is 0 Å². The average Bonchev–Trinajstić information content (AvgIpc) is 2.93. The molecule has 2 saturated carbocycles. The topological polar surface area (TPSA) is 59.8 Å². The summed E-state index contributed by atoms with van der Waals surface area (Å²) in [7, 11) is 1.88. The van der Waals surface area contributed by atoms with Crippen LogP contribution in [0.25, 0.3) is 11.0 Å². The predicted octanol–water partition coefficient (Wildman–Crippen LogP) is 2.26. The van der Waals surface area contributed by atoms with Crippen LogP contribution < -0.4 is 5.32 Å². The molecule has 2 aliphatic carbocycles. The van der Waals surface area contributed by atoms with Crippen molar-refractivity contribution in [3.8, 4) is 0 Å². The zero-order valence-corrected chi connectivity index (χ0v) is 11.8. The number of fused-ring (bicyclic) bond motifs is 2. The van der Waals surface area contributed by atoms with Crippen LogP contribution in [0.5, 0.6) is 0 Å². The first kappa shape index (κ1) is 11.9. The molecule has 1 N–H and O–H groups in total. The van der Waals surface area contributed by atoms with Crippen molar-refractivity contribution in [1.29, 1.82) is 0 Å². The van der Waals surface area contributed by atoms with E-state index in [4.69, 9.17) is 0 Å². The molecule has 2 heterocycles. The van der Waals surface area contributed by atoms with Crippen LogP contribution in [-0.2, 0) is 11.8 Å². The summed E-state index contributed by atoms with van der Waals surface area (Å²) in [6, 6.07) is 1.97. The molecule has 20 heavy (non-hydrogen) atoms. The van der Waals surface area contributed by atoms with Gasteiger partial charge in [0.2, 0.25) is 5.91 Å². The lowest BCUT2D eigenvalue weighted by molar-refractivity contribution is -0.120. The van der Waals surface area contributed by atoms with Crippen molar-refractivity contribution in [3.63, 3.8) is 0 Å². The normalized spacial score (nSPS) is 27.6. The number of rotatable bonds is 2. The van der Waals surface area contributed by atoms with Gasteiger partial charge in [-0.25, -0.2) is 4.98 Å². The van der Waals surface area contributed by atoms with E-state index in [9.17, 15) is 4.79 Å². The third-order valence-electron chi connectivity index (χ3n) is 4.74. The summed E-state index contributed by atoms with van der Waals surface area (Å²) in [6.45, 7) is 1.96. The fourth-order valence-corrected chi connectivity index (χ4v) is 3.55. The molecule has 2 fully saturated rings. The van der Waals surface area contributed by atoms with E-state index < -0.39 is 0 Å². The summed E-state index contributed by atoms with van der Waals surface area (Å²) in [5, 5.41) is 8.36. The van der Waals surface area contributed by atoms with Gasteiger partial charge in [-0.3, -0.25) is 9.48 Å². The summed E-state index contributed by atoms with van der Waals surface area (Å²) in [5.41, 5.74) is 2.56. The van der Waals surface area contributed by atoms with Gasteiger partial charge >= 0.3 is 0 Å². The van der Waals surface area contributed by atoms with E-state index in [-0.39, 0.29) is 11.8 Å². The fourth-order valence-electron chi connectivity index (χ4n) is 3.55. The van der Waals surface area contributed by atoms with E-state index in [0.717, 1.165) is 47.1 Å². The molecule has 2 aliphatic rings. The Kier molecular flexibility index (Phi) is 2.40. The molecule has 0 radical (unpaired) electrons. The van der Waals surface area contributed by atoms with E-state index in [1.165, 1.54) is 6.42 Å². The Morgan fingerprint density at radius 2 is 2.10 bits per heavy atom. The number of carbonyl (C=O) groups excluding carboxylic acids is 1. The molecular formula is C15H18N4O. The van der Waals surface area contributed by atoms with Crippen LogP contribution in [-0.4, -0.2) is 20.7 Å². The van der Waals surface area contributed by atoms with Crippen molar-refractivity contribution >= 4 is 22.6 Å². The molecule has 0 bridgehead atoms. The van der Waals surface area contributed by atoms with Gasteiger partial charge in [-0.2, -0.15) is 5.10 Å². The first-order chi connectivity index (χ1) is 9.61. The van der Waals surface area contributed by atoms with Gasteiger partial charge in [0, 0.05) is 18.4 Å². The van der Waals surface area contributed by atoms with Crippen molar-refractivity contribution in [1.82, 2.24) is 14.8 Å². The maximum atomic E-state index is 12.2. The van der Waals surface area contributed by atoms with E-state index in [2.05, 4.69) is 15.4 Å². The first-order valence-corrected chi connectivity index (χ1v) is 7.22. The lowest BCUT2D eigenvalue weighted by atomic mass is 10.0. The molecule has 0 aliphatic heterocycles. The molecule has 0 saturated heterocycles. The summed E-state index contributed by atoms with van der Waals surface area (Å²) in [6.07, 6.45) is 5.19. The number of aryl methyl sites for hydroxylation is 2. The maximum absolute atomic E-state index is 12.2. The smallest absolute Gasteiger partial charge is 0.227 e. The van der Waals surface area contributed by atoms with Gasteiger partial charge in [0.1, 0.15) is 0 Å². The second kappa shape index (κ2) is 4.04. The summed E-state index contributed by atoms with van der Waals surface area (Å²) >= 11 is 0. The highest BCUT2D eigenvalue weighted by molar-refractivity contribution is 5.94. The molecule has 104 valence electrons. The summed E-state index contributed by atoms with van der Waals surface area (Å²) in [5.74, 6) is 2.00. The van der Waals surface area contributed by atoms with Crippen molar-refractivity contribution in [2.75, 3.05) is 5.32 Å². The number of anilines is 1. The largest absolute Gasteiger partial charge is 0.324 e. The van der Waals surface area contributed by atoms with Crippen LogP contribution in [0.3, 0.4) is 0 Å². The minimum atomic E-state index is 0.153. The zero-order valence-electron chi connectivity index (χ0n) is 11.8. The minimum Gasteiger partial charge on any atom is -0.324 e. The Morgan fingerprint density at radius 1 is 1.35 bits per heavy atom. The Hall–Kier alpha value is -1.91. The average molecular weight is 270 g/mol. The number of nitrogens with zero attached hydrogens (tertiary/aromatic N) is 3. The highest BCUT2D eigenvalue weighted by Gasteiger charge is 2.47. The Balaban J connectivity index is 1.56. The standard InChI is InChI=1S/C15H18N4O/c1-8-13-6-12(7-16-14(13)19(2)18-8)17-15(20)11-4-9-3-10(9)5-11/h6-7,9-11H,3-5H2,1-2H3,(H,17,20). The van der Waals surface area contributed by atoms with E-state index in [0.29, 0.717) is 0 Å². The molecule has 2 unspecified atom stereocenters. The highest BCUT2D eigenvalue weighted by Crippen LogP contribution is 2.54. The van der Waals surface area contributed by atoms with Crippen molar-refractivity contribution < 1.29 is 4.79 Å². The third-order valence-corrected chi connectivity index (χ3v) is 4.74. The maximum Gasteiger partial charge on any atom is 0.227 e. The second-order valence-corrected chi connectivity index (χ2v) is 6.22. The molecule has 2 atom stereocenters. The zero-order chi connectivity index (χ0) is 13.9. The Bertz CT molecular complexity index is 695. The molecule has 5 heteroatoms. The number of pyridine rings is 1. The molecule has 4 rings (SSSR count). The Morgan fingerprint density at radius 3 is 2.85 bits per heavy atom. The third kappa shape index (κ3) is 1.80. The van der Waals surface area contributed by atoms with Crippen molar-refractivity contribution in [3.05, 3.63) is 18.0 Å². The summed E-state index contributed by atoms with van der Waals surface area (Å²) < 4.78 is 1.76. The molecule has 1 amide bonds. The van der Waals surface area contributed by atoms with Crippen LogP contribution in [0, 0.1) is 24.7 Å². The van der Waals surface area contributed by atoms with Crippen molar-refractivity contribution in [2.45, 2.75) is 26.2 Å². The van der Waals surface area contributed by atoms with E-state index >= 15 is 0 Å². The summed E-state index contributed by atoms with van der Waals surface area (Å²) in [4.78, 5) is 16.6. The number of hydrogen-bond acceptors (Lipinski definition) is 3. The van der Waals surface area contributed by atoms with Gasteiger partial charge in [-0.1, -0.05) is 0 Å². The monoisotopic (exact) mass is 270 g/mol.